The van der Waals surface area contributed by atoms with Crippen molar-refractivity contribution >= 4 is 38.4 Å². The lowest BCUT2D eigenvalue weighted by Gasteiger charge is -2.07. The van der Waals surface area contributed by atoms with Gasteiger partial charge >= 0.3 is 0 Å². The summed E-state index contributed by atoms with van der Waals surface area (Å²) in [6, 6.07) is 8.18. The van der Waals surface area contributed by atoms with Crippen LogP contribution >= 0.6 is 11.6 Å². The maximum absolute atomic E-state index is 12.6. The summed E-state index contributed by atoms with van der Waals surface area (Å²) in [5.74, 6) is -0.824. The number of aromatic amines is 1. The van der Waals surface area contributed by atoms with Crippen molar-refractivity contribution in [2.24, 2.45) is 7.05 Å². The summed E-state index contributed by atoms with van der Waals surface area (Å²) < 4.78 is 26.4. The van der Waals surface area contributed by atoms with Crippen LogP contribution in [0.2, 0.25) is 5.02 Å². The van der Waals surface area contributed by atoms with E-state index in [0.717, 1.165) is 6.26 Å². The number of pyridine rings is 1. The number of aryl methyl sites for hydroxylation is 1. The number of benzene rings is 1. The molecule has 0 saturated heterocycles. The quantitative estimate of drug-likeness (QED) is 0.725. The zero-order valence-electron chi connectivity index (χ0n) is 13.3. The third-order valence-electron chi connectivity index (χ3n) is 3.74. The molecule has 0 spiro atoms. The first-order chi connectivity index (χ1) is 11.7. The highest BCUT2D eigenvalue weighted by atomic mass is 35.5. The molecule has 0 bridgehead atoms. The van der Waals surface area contributed by atoms with Gasteiger partial charge in [-0.15, -0.1) is 0 Å². The third-order valence-corrected chi connectivity index (χ3v) is 4.53. The number of fused-ring (bicyclic) bond motifs is 1. The van der Waals surface area contributed by atoms with E-state index >= 15 is 0 Å². The average Bonchev–Trinajstić information content (AvgIpc) is 2.78. The topological polar surface area (TPSA) is 101 Å². The van der Waals surface area contributed by atoms with Crippen LogP contribution in [0.25, 0.3) is 22.0 Å². The van der Waals surface area contributed by atoms with Gasteiger partial charge in [-0.25, -0.2) is 13.1 Å². The van der Waals surface area contributed by atoms with Crippen LogP contribution < -0.4 is 10.3 Å². The Morgan fingerprint density at radius 1 is 1.28 bits per heavy atom. The molecule has 25 heavy (non-hydrogen) atoms. The van der Waals surface area contributed by atoms with Crippen molar-refractivity contribution in [1.29, 1.82) is 0 Å². The molecule has 0 atom stereocenters. The largest absolute Gasteiger partial charge is 0.339 e. The Morgan fingerprint density at radius 2 is 2.00 bits per heavy atom. The second-order valence-electron chi connectivity index (χ2n) is 5.56. The van der Waals surface area contributed by atoms with Crippen molar-refractivity contribution in [3.63, 3.8) is 0 Å². The number of rotatable bonds is 3. The monoisotopic (exact) mass is 379 g/mol. The summed E-state index contributed by atoms with van der Waals surface area (Å²) in [5, 5.41) is 1.01. The molecule has 0 saturated carbocycles. The van der Waals surface area contributed by atoms with Crippen LogP contribution in [-0.2, 0) is 17.1 Å². The number of hydrogen-bond donors (Lipinski definition) is 2. The molecule has 1 aromatic carbocycles. The van der Waals surface area contributed by atoms with Crippen molar-refractivity contribution in [3.8, 4) is 11.1 Å². The average molecular weight is 380 g/mol. The number of hydrogen-bond acceptors (Lipinski definition) is 4. The number of carbonyl (C=O) groups is 1. The van der Waals surface area contributed by atoms with Gasteiger partial charge in [-0.2, -0.15) is 0 Å². The van der Waals surface area contributed by atoms with Crippen LogP contribution in [0, 0.1) is 0 Å². The molecule has 0 unspecified atom stereocenters. The van der Waals surface area contributed by atoms with E-state index in [9.17, 15) is 18.0 Å². The lowest BCUT2D eigenvalue weighted by Crippen LogP contribution is -2.31. The molecule has 0 aliphatic rings. The Labute approximate surface area is 148 Å². The molecule has 2 N–H and O–H groups in total. The molecule has 0 fully saturated rings. The van der Waals surface area contributed by atoms with E-state index in [1.165, 1.54) is 10.8 Å². The van der Waals surface area contributed by atoms with Gasteiger partial charge < -0.3 is 9.55 Å². The summed E-state index contributed by atoms with van der Waals surface area (Å²) >= 11 is 6.07. The minimum Gasteiger partial charge on any atom is -0.339 e. The van der Waals surface area contributed by atoms with Gasteiger partial charge in [0.1, 0.15) is 5.69 Å². The number of amides is 1. The molecule has 130 valence electrons. The van der Waals surface area contributed by atoms with Crippen molar-refractivity contribution in [3.05, 3.63) is 57.6 Å². The summed E-state index contributed by atoms with van der Waals surface area (Å²) in [7, 11) is -2.15. The van der Waals surface area contributed by atoms with Gasteiger partial charge in [0, 0.05) is 40.3 Å². The fourth-order valence-electron chi connectivity index (χ4n) is 2.79. The van der Waals surface area contributed by atoms with E-state index in [4.69, 9.17) is 11.6 Å². The van der Waals surface area contributed by atoms with E-state index in [2.05, 4.69) is 4.98 Å². The Kier molecular flexibility index (Phi) is 4.18. The summed E-state index contributed by atoms with van der Waals surface area (Å²) in [6.45, 7) is 0. The number of sulfonamides is 1. The Hall–Kier alpha value is -2.58. The molecular formula is C16H14ClN3O4S. The van der Waals surface area contributed by atoms with E-state index in [1.54, 1.807) is 37.4 Å². The van der Waals surface area contributed by atoms with Crippen LogP contribution in [0.5, 0.6) is 0 Å². The Bertz CT molecular complexity index is 1160. The molecule has 1 amide bonds. The van der Waals surface area contributed by atoms with Crippen LogP contribution in [0.1, 0.15) is 10.5 Å². The number of H-pyrrole nitrogens is 1. The van der Waals surface area contributed by atoms with Crippen molar-refractivity contribution in [2.75, 3.05) is 6.26 Å². The number of carbonyl (C=O) groups excluding carboxylic acids is 1. The third kappa shape index (κ3) is 3.18. The normalized spacial score (nSPS) is 11.6. The number of halogens is 1. The molecule has 3 rings (SSSR count). The van der Waals surface area contributed by atoms with E-state index in [1.807, 2.05) is 4.72 Å². The molecule has 7 nitrogen and oxygen atoms in total. The van der Waals surface area contributed by atoms with Gasteiger partial charge in [-0.05, 0) is 30.3 Å². The van der Waals surface area contributed by atoms with Gasteiger partial charge in [-0.3, -0.25) is 9.59 Å². The summed E-state index contributed by atoms with van der Waals surface area (Å²) in [4.78, 5) is 27.4. The molecule has 9 heteroatoms. The molecule has 0 aliphatic heterocycles. The first kappa shape index (κ1) is 17.2. The van der Waals surface area contributed by atoms with Crippen LogP contribution in [-0.4, -0.2) is 30.1 Å². The highest BCUT2D eigenvalue weighted by molar-refractivity contribution is 7.89. The predicted octanol–water partition coefficient (Wildman–Crippen LogP) is 1.88. The summed E-state index contributed by atoms with van der Waals surface area (Å²) in [6.07, 6.45) is 2.36. The highest BCUT2D eigenvalue weighted by Crippen LogP contribution is 2.34. The zero-order valence-corrected chi connectivity index (χ0v) is 14.9. The Balaban J connectivity index is 2.42. The molecule has 2 aromatic heterocycles. The maximum atomic E-state index is 12.6. The summed E-state index contributed by atoms with van der Waals surface area (Å²) in [5.41, 5.74) is 0.862. The second kappa shape index (κ2) is 6.05. The fraction of sp³-hybridized carbons (Fsp3) is 0.125. The fourth-order valence-corrected chi connectivity index (χ4v) is 3.40. The van der Waals surface area contributed by atoms with Crippen molar-refractivity contribution < 1.29 is 13.2 Å². The molecule has 3 aromatic rings. The highest BCUT2D eigenvalue weighted by Gasteiger charge is 2.25. The van der Waals surface area contributed by atoms with Gasteiger partial charge in [-0.1, -0.05) is 11.6 Å². The number of nitrogens with one attached hydrogen (secondary N) is 2. The number of nitrogens with zero attached hydrogens (tertiary/aromatic N) is 1. The minimum atomic E-state index is -3.77. The maximum Gasteiger partial charge on any atom is 0.282 e. The van der Waals surface area contributed by atoms with Crippen molar-refractivity contribution in [2.45, 2.75) is 0 Å². The second-order valence-corrected chi connectivity index (χ2v) is 7.75. The smallest absolute Gasteiger partial charge is 0.282 e. The first-order valence-electron chi connectivity index (χ1n) is 7.17. The molecule has 0 radical (unpaired) electrons. The number of aromatic nitrogens is 2. The van der Waals surface area contributed by atoms with Gasteiger partial charge in [0.2, 0.25) is 10.0 Å². The zero-order chi connectivity index (χ0) is 18.4. The van der Waals surface area contributed by atoms with Crippen molar-refractivity contribution in [1.82, 2.24) is 14.3 Å². The Morgan fingerprint density at radius 3 is 2.64 bits per heavy atom. The SMILES string of the molecule is Cn1c(C(=O)NS(C)(=O)=O)c(-c2ccc[nH]c2=O)c2cc(Cl)ccc21. The van der Waals surface area contributed by atoms with Gasteiger partial charge in [0.05, 0.1) is 6.26 Å². The van der Waals surface area contributed by atoms with Gasteiger partial charge in [0.15, 0.2) is 0 Å². The first-order valence-corrected chi connectivity index (χ1v) is 9.44. The molecule has 2 heterocycles. The van der Waals surface area contributed by atoms with E-state index in [-0.39, 0.29) is 11.3 Å². The van der Waals surface area contributed by atoms with Crippen LogP contribution in [0.15, 0.2) is 41.3 Å². The molecule has 0 aliphatic carbocycles. The van der Waals surface area contributed by atoms with Crippen LogP contribution in [0.3, 0.4) is 0 Å². The van der Waals surface area contributed by atoms with E-state index in [0.29, 0.717) is 21.5 Å². The lowest BCUT2D eigenvalue weighted by molar-refractivity contribution is 0.0975. The van der Waals surface area contributed by atoms with Gasteiger partial charge in [0.25, 0.3) is 11.5 Å². The predicted molar refractivity (Wildman–Crippen MR) is 96.3 cm³/mol. The standard InChI is InChI=1S/C16H14ClN3O4S/c1-20-12-6-5-9(17)8-11(12)13(10-4-3-7-18-15(10)21)14(20)16(22)19-25(2,23)24/h3-8H,1-2H3,(H,18,21)(H,19,22). The minimum absolute atomic E-state index is 0.0550. The van der Waals surface area contributed by atoms with Crippen LogP contribution in [0.4, 0.5) is 0 Å². The lowest BCUT2D eigenvalue weighted by atomic mass is 10.0. The van der Waals surface area contributed by atoms with E-state index < -0.39 is 21.5 Å². The molecular weight excluding hydrogens is 366 g/mol.